The minimum Gasteiger partial charge on any atom is -0.338 e. The van der Waals surface area contributed by atoms with E-state index < -0.39 is 0 Å². The van der Waals surface area contributed by atoms with Crippen LogP contribution in [0.25, 0.3) is 5.65 Å². The van der Waals surface area contributed by atoms with Crippen molar-refractivity contribution in [1.82, 2.24) is 19.6 Å². The number of rotatable bonds is 1. The number of hydrogen-bond donors (Lipinski definition) is 0. The number of hydrogen-bond acceptors (Lipinski definition) is 4. The number of anilines is 1. The largest absolute Gasteiger partial charge is 0.338 e. The van der Waals surface area contributed by atoms with Crippen LogP contribution in [0.2, 0.25) is 5.15 Å². The maximum absolute atomic E-state index is 5.99. The summed E-state index contributed by atoms with van der Waals surface area (Å²) in [4.78, 5) is 6.30. The Kier molecular flexibility index (Phi) is 2.63. The fourth-order valence-electron chi connectivity index (χ4n) is 2.38. The molecule has 0 bridgehead atoms. The molecule has 3 heterocycles. The molecule has 1 aliphatic heterocycles. The highest BCUT2D eigenvalue weighted by Gasteiger charge is 2.23. The third-order valence-corrected chi connectivity index (χ3v) is 3.59. The fourth-order valence-corrected chi connectivity index (χ4v) is 2.56. The van der Waals surface area contributed by atoms with Gasteiger partial charge in [0.25, 0.3) is 0 Å². The van der Waals surface area contributed by atoms with Crippen LogP contribution in [-0.4, -0.2) is 32.2 Å². The zero-order valence-electron chi connectivity index (χ0n) is 9.67. The topological polar surface area (TPSA) is 46.3 Å². The molecule has 1 saturated heterocycles. The van der Waals surface area contributed by atoms with Gasteiger partial charge in [-0.05, 0) is 26.2 Å². The van der Waals surface area contributed by atoms with Crippen molar-refractivity contribution in [3.05, 3.63) is 17.5 Å². The lowest BCUT2D eigenvalue weighted by Gasteiger charge is -2.33. The molecular weight excluding hydrogens is 238 g/mol. The number of fused-ring (bicyclic) bond motifs is 1. The molecule has 2 aromatic heterocycles. The van der Waals surface area contributed by atoms with E-state index in [0.29, 0.717) is 16.8 Å². The van der Waals surface area contributed by atoms with Gasteiger partial charge in [-0.2, -0.15) is 0 Å². The van der Waals surface area contributed by atoms with Gasteiger partial charge in [0.2, 0.25) is 5.95 Å². The standard InChI is InChI=1S/C11H14ClN5/c1-8-4-2-3-6-16(8)11-15-14-10-9(12)13-5-7-17(10)11/h5,7-8H,2-4,6H2,1H3/t8-/m1/s1. The van der Waals surface area contributed by atoms with Crippen LogP contribution >= 0.6 is 11.6 Å². The quantitative estimate of drug-likeness (QED) is 0.779. The van der Waals surface area contributed by atoms with Gasteiger partial charge in [-0.25, -0.2) is 4.98 Å². The van der Waals surface area contributed by atoms with Crippen molar-refractivity contribution in [2.75, 3.05) is 11.4 Å². The Balaban J connectivity index is 2.08. The third-order valence-electron chi connectivity index (χ3n) is 3.33. The molecule has 6 heteroatoms. The van der Waals surface area contributed by atoms with E-state index in [2.05, 4.69) is 27.0 Å². The van der Waals surface area contributed by atoms with Crippen molar-refractivity contribution in [2.24, 2.45) is 0 Å². The molecule has 90 valence electrons. The molecule has 0 spiro atoms. The lowest BCUT2D eigenvalue weighted by molar-refractivity contribution is 0.476. The Morgan fingerprint density at radius 1 is 1.35 bits per heavy atom. The second-order valence-electron chi connectivity index (χ2n) is 4.45. The molecule has 1 atom stereocenters. The Labute approximate surface area is 104 Å². The lowest BCUT2D eigenvalue weighted by Crippen LogP contribution is -2.38. The SMILES string of the molecule is C[C@@H]1CCCCN1c1nnc2c(Cl)nccn12. The monoisotopic (exact) mass is 251 g/mol. The summed E-state index contributed by atoms with van der Waals surface area (Å²) >= 11 is 5.99. The number of halogens is 1. The summed E-state index contributed by atoms with van der Waals surface area (Å²) in [5.74, 6) is 0.872. The van der Waals surface area contributed by atoms with Gasteiger partial charge in [0.15, 0.2) is 10.8 Å². The van der Waals surface area contributed by atoms with Crippen LogP contribution in [0.5, 0.6) is 0 Å². The van der Waals surface area contributed by atoms with Gasteiger partial charge in [0, 0.05) is 25.0 Å². The second kappa shape index (κ2) is 4.14. The van der Waals surface area contributed by atoms with Crippen LogP contribution in [0.3, 0.4) is 0 Å². The molecule has 1 aliphatic rings. The van der Waals surface area contributed by atoms with E-state index in [-0.39, 0.29) is 0 Å². The van der Waals surface area contributed by atoms with Crippen LogP contribution < -0.4 is 4.90 Å². The first-order valence-electron chi connectivity index (χ1n) is 5.89. The molecule has 2 aromatic rings. The van der Waals surface area contributed by atoms with Crippen LogP contribution in [0.4, 0.5) is 5.95 Å². The highest BCUT2D eigenvalue weighted by Crippen LogP contribution is 2.24. The van der Waals surface area contributed by atoms with E-state index in [1.54, 1.807) is 6.20 Å². The van der Waals surface area contributed by atoms with E-state index >= 15 is 0 Å². The van der Waals surface area contributed by atoms with Gasteiger partial charge in [0.05, 0.1) is 0 Å². The average Bonchev–Trinajstić information content (AvgIpc) is 2.75. The number of aromatic nitrogens is 4. The summed E-state index contributed by atoms with van der Waals surface area (Å²) in [6, 6.07) is 0.503. The van der Waals surface area contributed by atoms with Crippen LogP contribution in [0.15, 0.2) is 12.4 Å². The maximum Gasteiger partial charge on any atom is 0.232 e. The molecule has 3 rings (SSSR count). The van der Waals surface area contributed by atoms with Gasteiger partial charge in [-0.15, -0.1) is 10.2 Å². The predicted octanol–water partition coefficient (Wildman–Crippen LogP) is 2.16. The molecule has 0 radical (unpaired) electrons. The van der Waals surface area contributed by atoms with Crippen molar-refractivity contribution >= 4 is 23.2 Å². The third kappa shape index (κ3) is 1.74. The zero-order chi connectivity index (χ0) is 11.8. The average molecular weight is 252 g/mol. The van der Waals surface area contributed by atoms with Gasteiger partial charge in [0.1, 0.15) is 0 Å². The van der Waals surface area contributed by atoms with Gasteiger partial charge < -0.3 is 4.90 Å². The lowest BCUT2D eigenvalue weighted by atomic mass is 10.0. The minimum absolute atomic E-state index is 0.399. The molecule has 0 unspecified atom stereocenters. The maximum atomic E-state index is 5.99. The van der Waals surface area contributed by atoms with Crippen LogP contribution in [0, 0.1) is 0 Å². The molecule has 1 fully saturated rings. The number of nitrogens with zero attached hydrogens (tertiary/aromatic N) is 5. The van der Waals surface area contributed by atoms with Gasteiger partial charge in [-0.1, -0.05) is 11.6 Å². The van der Waals surface area contributed by atoms with Crippen molar-refractivity contribution in [3.63, 3.8) is 0 Å². The zero-order valence-corrected chi connectivity index (χ0v) is 10.4. The molecule has 0 N–H and O–H groups in total. The van der Waals surface area contributed by atoms with E-state index in [4.69, 9.17) is 11.6 Å². The summed E-state index contributed by atoms with van der Waals surface area (Å²) in [5.41, 5.74) is 0.627. The number of piperidine rings is 1. The van der Waals surface area contributed by atoms with Crippen molar-refractivity contribution in [2.45, 2.75) is 32.2 Å². The molecule has 0 saturated carbocycles. The van der Waals surface area contributed by atoms with E-state index in [1.807, 2.05) is 10.6 Å². The Morgan fingerprint density at radius 3 is 3.06 bits per heavy atom. The first-order chi connectivity index (χ1) is 8.27. The highest BCUT2D eigenvalue weighted by molar-refractivity contribution is 6.32. The van der Waals surface area contributed by atoms with Gasteiger partial charge >= 0.3 is 0 Å². The van der Waals surface area contributed by atoms with Crippen LogP contribution in [0.1, 0.15) is 26.2 Å². The molecular formula is C11H14ClN5. The van der Waals surface area contributed by atoms with Gasteiger partial charge in [-0.3, -0.25) is 4.40 Å². The summed E-state index contributed by atoms with van der Waals surface area (Å²) < 4.78 is 1.91. The van der Waals surface area contributed by atoms with Crippen molar-refractivity contribution in [1.29, 1.82) is 0 Å². The van der Waals surface area contributed by atoms with E-state index in [9.17, 15) is 0 Å². The first-order valence-corrected chi connectivity index (χ1v) is 6.27. The molecule has 0 aliphatic carbocycles. The Morgan fingerprint density at radius 2 is 2.24 bits per heavy atom. The van der Waals surface area contributed by atoms with E-state index in [0.717, 1.165) is 12.5 Å². The second-order valence-corrected chi connectivity index (χ2v) is 4.81. The van der Waals surface area contributed by atoms with E-state index in [1.165, 1.54) is 19.3 Å². The molecule has 5 nitrogen and oxygen atoms in total. The van der Waals surface area contributed by atoms with Crippen molar-refractivity contribution < 1.29 is 0 Å². The summed E-state index contributed by atoms with van der Waals surface area (Å²) in [5, 5.41) is 8.75. The summed E-state index contributed by atoms with van der Waals surface area (Å²) in [6.07, 6.45) is 7.23. The van der Waals surface area contributed by atoms with Crippen LogP contribution in [-0.2, 0) is 0 Å². The summed E-state index contributed by atoms with van der Waals surface area (Å²) in [7, 11) is 0. The molecule has 17 heavy (non-hydrogen) atoms. The Hall–Kier alpha value is -1.36. The van der Waals surface area contributed by atoms with Crippen molar-refractivity contribution in [3.8, 4) is 0 Å². The smallest absolute Gasteiger partial charge is 0.232 e. The molecule has 0 amide bonds. The predicted molar refractivity (Wildman–Crippen MR) is 66.5 cm³/mol. The fraction of sp³-hybridized carbons (Fsp3) is 0.545. The highest BCUT2D eigenvalue weighted by atomic mass is 35.5. The minimum atomic E-state index is 0.399. The Bertz CT molecular complexity index is 538. The first kappa shape index (κ1) is 10.8. The molecule has 0 aromatic carbocycles. The normalized spacial score (nSPS) is 21.1. The summed E-state index contributed by atoms with van der Waals surface area (Å²) in [6.45, 7) is 3.25.